The summed E-state index contributed by atoms with van der Waals surface area (Å²) in [7, 11) is 0. The van der Waals surface area contributed by atoms with Crippen molar-refractivity contribution in [1.29, 1.82) is 0 Å². The van der Waals surface area contributed by atoms with Gasteiger partial charge in [-0.3, -0.25) is 4.79 Å². The molecule has 1 atom stereocenters. The molecule has 0 aromatic heterocycles. The van der Waals surface area contributed by atoms with E-state index in [1.54, 1.807) is 0 Å². The van der Waals surface area contributed by atoms with Crippen LogP contribution >= 0.6 is 0 Å². The van der Waals surface area contributed by atoms with E-state index in [0.29, 0.717) is 13.0 Å². The lowest BCUT2D eigenvalue weighted by Crippen LogP contribution is -2.45. The van der Waals surface area contributed by atoms with Crippen molar-refractivity contribution in [3.05, 3.63) is 0 Å². The van der Waals surface area contributed by atoms with Crippen LogP contribution in [0.2, 0.25) is 0 Å². The normalized spacial score (nSPS) is 24.7. The number of esters is 1. The van der Waals surface area contributed by atoms with E-state index >= 15 is 0 Å². The highest BCUT2D eigenvalue weighted by atomic mass is 16.6. The molecule has 1 heterocycles. The molecule has 0 saturated carbocycles. The molecule has 1 saturated heterocycles. The van der Waals surface area contributed by atoms with Crippen LogP contribution in [0, 0.1) is 0 Å². The van der Waals surface area contributed by atoms with Crippen molar-refractivity contribution < 1.29 is 14.7 Å². The van der Waals surface area contributed by atoms with Gasteiger partial charge in [0.05, 0.1) is 0 Å². The first-order valence-electron chi connectivity index (χ1n) is 5.08. The molecule has 1 aliphatic heterocycles. The molecule has 14 heavy (non-hydrogen) atoms. The third kappa shape index (κ3) is 3.27. The first-order chi connectivity index (χ1) is 6.40. The van der Waals surface area contributed by atoms with Crippen molar-refractivity contribution in [3.8, 4) is 0 Å². The summed E-state index contributed by atoms with van der Waals surface area (Å²) in [5.41, 5.74) is -0.477. The summed E-state index contributed by atoms with van der Waals surface area (Å²) >= 11 is 0. The number of nitrogens with zero attached hydrogens (tertiary/aromatic N) is 1. The van der Waals surface area contributed by atoms with E-state index in [0.717, 1.165) is 17.9 Å². The van der Waals surface area contributed by atoms with Crippen LogP contribution in [0.15, 0.2) is 0 Å². The first-order valence-corrected chi connectivity index (χ1v) is 5.08. The number of piperidine rings is 1. The molecular formula is C10H19NO3. The standard InChI is InChI=1S/C10H19NO3/c1-10(2,3)14-9(12)8-6-4-5-7-11(8)13/h8,13H,4-7H2,1-3H3/t8-/m1/s1. The number of hydrogen-bond donors (Lipinski definition) is 1. The fraction of sp³-hybridized carbons (Fsp3) is 0.900. The van der Waals surface area contributed by atoms with Gasteiger partial charge < -0.3 is 9.94 Å². The molecule has 0 radical (unpaired) electrons. The van der Waals surface area contributed by atoms with Crippen molar-refractivity contribution in [1.82, 2.24) is 5.06 Å². The van der Waals surface area contributed by atoms with E-state index in [4.69, 9.17) is 4.74 Å². The summed E-state index contributed by atoms with van der Waals surface area (Å²) < 4.78 is 5.21. The Morgan fingerprint density at radius 3 is 2.57 bits per heavy atom. The molecule has 0 amide bonds. The molecule has 82 valence electrons. The highest BCUT2D eigenvalue weighted by molar-refractivity contribution is 5.76. The van der Waals surface area contributed by atoms with Gasteiger partial charge in [0.2, 0.25) is 0 Å². The second-order valence-corrected chi connectivity index (χ2v) is 4.71. The van der Waals surface area contributed by atoms with Crippen LogP contribution in [0.1, 0.15) is 40.0 Å². The van der Waals surface area contributed by atoms with E-state index < -0.39 is 11.6 Å². The average Bonchev–Trinajstić information content (AvgIpc) is 2.01. The quantitative estimate of drug-likeness (QED) is 0.654. The van der Waals surface area contributed by atoms with Crippen LogP contribution in [0.25, 0.3) is 0 Å². The van der Waals surface area contributed by atoms with Crippen LogP contribution in [-0.2, 0) is 9.53 Å². The van der Waals surface area contributed by atoms with Gasteiger partial charge in [-0.1, -0.05) is 0 Å². The first kappa shape index (κ1) is 11.5. The van der Waals surface area contributed by atoms with Gasteiger partial charge in [0, 0.05) is 6.54 Å². The topological polar surface area (TPSA) is 49.8 Å². The Morgan fingerprint density at radius 2 is 2.07 bits per heavy atom. The highest BCUT2D eigenvalue weighted by Gasteiger charge is 2.31. The Bertz CT molecular complexity index is 210. The van der Waals surface area contributed by atoms with Crippen LogP contribution in [0.3, 0.4) is 0 Å². The molecule has 1 aliphatic rings. The van der Waals surface area contributed by atoms with E-state index in [-0.39, 0.29) is 5.97 Å². The fourth-order valence-corrected chi connectivity index (χ4v) is 1.53. The molecule has 0 spiro atoms. The number of carbonyl (C=O) groups is 1. The zero-order valence-electron chi connectivity index (χ0n) is 9.12. The predicted octanol–water partition coefficient (Wildman–Crippen LogP) is 1.57. The summed E-state index contributed by atoms with van der Waals surface area (Å²) in [5, 5.41) is 10.6. The summed E-state index contributed by atoms with van der Waals surface area (Å²) in [5.74, 6) is -0.320. The van der Waals surface area contributed by atoms with Gasteiger partial charge in [-0.2, -0.15) is 5.06 Å². The summed E-state index contributed by atoms with van der Waals surface area (Å²) in [4.78, 5) is 11.6. The number of hydrogen-bond acceptors (Lipinski definition) is 4. The maximum atomic E-state index is 11.6. The van der Waals surface area contributed by atoms with Crippen LogP contribution in [-0.4, -0.2) is 34.4 Å². The van der Waals surface area contributed by atoms with Crippen molar-refractivity contribution in [2.24, 2.45) is 0 Å². The lowest BCUT2D eigenvalue weighted by atomic mass is 10.0. The second kappa shape index (κ2) is 4.28. The third-order valence-corrected chi connectivity index (χ3v) is 2.15. The third-order valence-electron chi connectivity index (χ3n) is 2.15. The smallest absolute Gasteiger partial charge is 0.326 e. The van der Waals surface area contributed by atoms with Crippen LogP contribution in [0.5, 0.6) is 0 Å². The van der Waals surface area contributed by atoms with E-state index in [9.17, 15) is 10.0 Å². The van der Waals surface area contributed by atoms with Crippen molar-refractivity contribution in [3.63, 3.8) is 0 Å². The number of hydroxylamine groups is 2. The molecule has 0 aromatic carbocycles. The van der Waals surface area contributed by atoms with E-state index in [2.05, 4.69) is 0 Å². The largest absolute Gasteiger partial charge is 0.459 e. The molecule has 4 nitrogen and oxygen atoms in total. The SMILES string of the molecule is CC(C)(C)OC(=O)[C@H]1CCCCN1O. The summed E-state index contributed by atoms with van der Waals surface area (Å²) in [6.45, 7) is 6.05. The minimum atomic E-state index is -0.477. The fourth-order valence-electron chi connectivity index (χ4n) is 1.53. The molecule has 4 heteroatoms. The van der Waals surface area contributed by atoms with E-state index in [1.807, 2.05) is 20.8 Å². The molecule has 0 bridgehead atoms. The average molecular weight is 201 g/mol. The van der Waals surface area contributed by atoms with Crippen molar-refractivity contribution >= 4 is 5.97 Å². The Kier molecular flexibility index (Phi) is 3.50. The van der Waals surface area contributed by atoms with Crippen LogP contribution < -0.4 is 0 Å². The highest BCUT2D eigenvalue weighted by Crippen LogP contribution is 2.18. The predicted molar refractivity (Wildman–Crippen MR) is 52.0 cm³/mol. The lowest BCUT2D eigenvalue weighted by molar-refractivity contribution is -0.189. The van der Waals surface area contributed by atoms with Gasteiger partial charge >= 0.3 is 5.97 Å². The molecule has 1 rings (SSSR count). The van der Waals surface area contributed by atoms with Gasteiger partial charge in [-0.05, 0) is 40.0 Å². The summed E-state index contributed by atoms with van der Waals surface area (Å²) in [6, 6.07) is -0.469. The number of carbonyl (C=O) groups excluding carboxylic acids is 1. The number of ether oxygens (including phenoxy) is 1. The van der Waals surface area contributed by atoms with E-state index in [1.165, 1.54) is 0 Å². The Hall–Kier alpha value is -0.610. The zero-order valence-corrected chi connectivity index (χ0v) is 9.12. The monoisotopic (exact) mass is 201 g/mol. The zero-order chi connectivity index (χ0) is 10.8. The molecule has 0 unspecified atom stereocenters. The van der Waals surface area contributed by atoms with Crippen LogP contribution in [0.4, 0.5) is 0 Å². The van der Waals surface area contributed by atoms with Gasteiger partial charge in [0.15, 0.2) is 0 Å². The minimum Gasteiger partial charge on any atom is -0.459 e. The van der Waals surface area contributed by atoms with Gasteiger partial charge in [-0.15, -0.1) is 0 Å². The molecule has 0 aliphatic carbocycles. The Morgan fingerprint density at radius 1 is 1.43 bits per heavy atom. The Labute approximate surface area is 84.8 Å². The molecule has 0 aromatic rings. The Balaban J connectivity index is 2.50. The molecular weight excluding hydrogens is 182 g/mol. The second-order valence-electron chi connectivity index (χ2n) is 4.71. The van der Waals surface area contributed by atoms with Crippen molar-refractivity contribution in [2.75, 3.05) is 6.54 Å². The van der Waals surface area contributed by atoms with Gasteiger partial charge in [0.25, 0.3) is 0 Å². The van der Waals surface area contributed by atoms with Gasteiger partial charge in [0.1, 0.15) is 11.6 Å². The van der Waals surface area contributed by atoms with Gasteiger partial charge in [-0.25, -0.2) is 0 Å². The summed E-state index contributed by atoms with van der Waals surface area (Å²) in [6.07, 6.45) is 2.60. The maximum Gasteiger partial charge on any atom is 0.326 e. The lowest BCUT2D eigenvalue weighted by Gasteiger charge is -2.31. The van der Waals surface area contributed by atoms with Crippen molar-refractivity contribution in [2.45, 2.75) is 51.7 Å². The molecule has 1 N–H and O–H groups in total. The minimum absolute atomic E-state index is 0.320. The number of rotatable bonds is 1. The molecule has 1 fully saturated rings. The maximum absolute atomic E-state index is 11.6.